The first-order chi connectivity index (χ1) is 4.88. The summed E-state index contributed by atoms with van der Waals surface area (Å²) in [7, 11) is 0. The highest BCUT2D eigenvalue weighted by Gasteiger charge is 2.07. The molecule has 1 heterocycles. The van der Waals surface area contributed by atoms with E-state index < -0.39 is 0 Å². The molecule has 0 atom stereocenters. The molecular weight excluding hydrogens is 130 g/mol. The van der Waals surface area contributed by atoms with Crippen LogP contribution in [0.1, 0.15) is 0 Å². The quantitative estimate of drug-likeness (QED) is 0.579. The van der Waals surface area contributed by atoms with Gasteiger partial charge in [0.1, 0.15) is 12.0 Å². The van der Waals surface area contributed by atoms with Gasteiger partial charge in [-0.1, -0.05) is 0 Å². The van der Waals surface area contributed by atoms with E-state index in [9.17, 15) is 0 Å². The molecule has 0 aromatic carbocycles. The number of aromatic nitrogens is 2. The number of anilines is 1. The Kier molecular flexibility index (Phi) is 0.887. The summed E-state index contributed by atoms with van der Waals surface area (Å²) in [5, 5.41) is 7.05. The Balaban J connectivity index is 2.78. The zero-order valence-electron chi connectivity index (χ0n) is 5.11. The van der Waals surface area contributed by atoms with Crippen LogP contribution in [0.15, 0.2) is 22.9 Å². The molecule has 0 spiro atoms. The average molecular weight is 135 g/mol. The van der Waals surface area contributed by atoms with Gasteiger partial charge in [0.2, 0.25) is 0 Å². The smallest absolute Gasteiger partial charge is 0.135 e. The molecule has 0 saturated heterocycles. The van der Waals surface area contributed by atoms with Gasteiger partial charge in [0, 0.05) is 11.0 Å². The van der Waals surface area contributed by atoms with Crippen LogP contribution in [0.2, 0.25) is 0 Å². The lowest BCUT2D eigenvalue weighted by Gasteiger charge is -1.92. The standard InChI is InChI=1S/C6H5N3O/c7-5-1-2-6-4(5)3-10-9-8-6/h1-3H,7H2. The van der Waals surface area contributed by atoms with Crippen molar-refractivity contribution in [3.05, 3.63) is 18.4 Å². The van der Waals surface area contributed by atoms with Gasteiger partial charge in [0.25, 0.3) is 0 Å². The van der Waals surface area contributed by atoms with Crippen molar-refractivity contribution in [1.82, 2.24) is 10.4 Å². The fraction of sp³-hybridized carbons (Fsp3) is 0. The molecule has 1 aliphatic heterocycles. The summed E-state index contributed by atoms with van der Waals surface area (Å²) in [6.07, 6.45) is 1.48. The topological polar surface area (TPSA) is 64.9 Å². The van der Waals surface area contributed by atoms with Gasteiger partial charge in [-0.3, -0.25) is 0 Å². The Morgan fingerprint density at radius 3 is 3.10 bits per heavy atom. The van der Waals surface area contributed by atoms with E-state index in [4.69, 9.17) is 5.73 Å². The first-order valence-corrected chi connectivity index (χ1v) is 2.83. The van der Waals surface area contributed by atoms with Crippen molar-refractivity contribution < 1.29 is 4.52 Å². The fourth-order valence-electron chi connectivity index (χ4n) is 0.856. The summed E-state index contributed by atoms with van der Waals surface area (Å²) < 4.78 is 4.59. The molecule has 0 fully saturated rings. The predicted octanol–water partition coefficient (Wildman–Crippen LogP) is 0.757. The molecule has 0 amide bonds. The van der Waals surface area contributed by atoms with E-state index >= 15 is 0 Å². The molecule has 1 aliphatic carbocycles. The third-order valence-electron chi connectivity index (χ3n) is 1.37. The lowest BCUT2D eigenvalue weighted by Crippen LogP contribution is -1.87. The second-order valence-corrected chi connectivity index (χ2v) is 1.99. The van der Waals surface area contributed by atoms with Gasteiger partial charge >= 0.3 is 0 Å². The molecule has 0 aromatic heterocycles. The van der Waals surface area contributed by atoms with Gasteiger partial charge in [0.15, 0.2) is 0 Å². The Morgan fingerprint density at radius 2 is 2.30 bits per heavy atom. The summed E-state index contributed by atoms with van der Waals surface area (Å²) >= 11 is 0. The van der Waals surface area contributed by atoms with E-state index in [0.29, 0.717) is 5.69 Å². The highest BCUT2D eigenvalue weighted by atomic mass is 16.5. The Hall–Kier alpha value is -1.58. The largest absolute Gasteiger partial charge is 0.398 e. The minimum atomic E-state index is 0.675. The van der Waals surface area contributed by atoms with Crippen LogP contribution in [0.3, 0.4) is 0 Å². The van der Waals surface area contributed by atoms with E-state index in [1.54, 1.807) is 12.1 Å². The zero-order chi connectivity index (χ0) is 6.97. The Bertz CT molecular complexity index is 317. The number of rotatable bonds is 0. The van der Waals surface area contributed by atoms with Gasteiger partial charge in [-0.05, 0) is 12.1 Å². The molecule has 2 N–H and O–H groups in total. The molecule has 2 rings (SSSR count). The summed E-state index contributed by atoms with van der Waals surface area (Å²) in [5.41, 5.74) is 7.81. The molecule has 4 nitrogen and oxygen atoms in total. The van der Waals surface area contributed by atoms with Crippen LogP contribution >= 0.6 is 0 Å². The molecule has 0 unspecified atom stereocenters. The Labute approximate surface area is 57.0 Å². The summed E-state index contributed by atoms with van der Waals surface area (Å²) in [5.74, 6) is 0. The molecule has 0 bridgehead atoms. The van der Waals surface area contributed by atoms with E-state index in [1.165, 1.54) is 6.26 Å². The second-order valence-electron chi connectivity index (χ2n) is 1.99. The van der Waals surface area contributed by atoms with E-state index in [-0.39, 0.29) is 0 Å². The van der Waals surface area contributed by atoms with E-state index in [1.807, 2.05) is 0 Å². The molecule has 0 radical (unpaired) electrons. The van der Waals surface area contributed by atoms with Crippen molar-refractivity contribution in [2.75, 3.05) is 5.73 Å². The molecule has 0 saturated carbocycles. The fourth-order valence-corrected chi connectivity index (χ4v) is 0.856. The number of fused-ring (bicyclic) bond motifs is 1. The SMILES string of the molecule is Nc1ccc2nnocc1-2. The molecule has 0 aromatic rings. The lowest BCUT2D eigenvalue weighted by molar-refractivity contribution is 0.362. The van der Waals surface area contributed by atoms with Gasteiger partial charge in [0.05, 0.1) is 5.56 Å². The number of hydrogen-bond acceptors (Lipinski definition) is 4. The van der Waals surface area contributed by atoms with Crippen molar-refractivity contribution in [2.24, 2.45) is 0 Å². The monoisotopic (exact) mass is 135 g/mol. The van der Waals surface area contributed by atoms with Crippen LogP contribution in [0.4, 0.5) is 5.69 Å². The van der Waals surface area contributed by atoms with Crippen LogP contribution < -0.4 is 5.73 Å². The van der Waals surface area contributed by atoms with Gasteiger partial charge in [-0.15, -0.1) is 5.10 Å². The maximum atomic E-state index is 5.55. The molecular formula is C6H5N3O. The molecule has 4 heteroatoms. The third-order valence-corrected chi connectivity index (χ3v) is 1.37. The van der Waals surface area contributed by atoms with Crippen molar-refractivity contribution in [2.45, 2.75) is 0 Å². The normalized spacial score (nSPS) is 10.4. The minimum Gasteiger partial charge on any atom is -0.398 e. The summed E-state index contributed by atoms with van der Waals surface area (Å²) in [6, 6.07) is 3.57. The van der Waals surface area contributed by atoms with Crippen LogP contribution in [0.25, 0.3) is 11.3 Å². The predicted molar refractivity (Wildman–Crippen MR) is 35.3 cm³/mol. The molecule has 2 aliphatic rings. The van der Waals surface area contributed by atoms with Crippen LogP contribution in [-0.4, -0.2) is 10.4 Å². The maximum Gasteiger partial charge on any atom is 0.135 e. The Morgan fingerprint density at radius 1 is 1.40 bits per heavy atom. The van der Waals surface area contributed by atoms with Crippen LogP contribution in [0.5, 0.6) is 0 Å². The second kappa shape index (κ2) is 1.70. The number of nitrogens with two attached hydrogens (primary N) is 1. The average Bonchev–Trinajstić information content (AvgIpc) is 2.34. The number of nitrogen functional groups attached to an aromatic ring is 1. The van der Waals surface area contributed by atoms with Crippen LogP contribution in [0, 0.1) is 0 Å². The van der Waals surface area contributed by atoms with Gasteiger partial charge < -0.3 is 10.3 Å². The first-order valence-electron chi connectivity index (χ1n) is 2.83. The van der Waals surface area contributed by atoms with Gasteiger partial charge in [-0.2, -0.15) is 0 Å². The van der Waals surface area contributed by atoms with Crippen molar-refractivity contribution in [3.63, 3.8) is 0 Å². The van der Waals surface area contributed by atoms with Crippen molar-refractivity contribution in [3.8, 4) is 11.3 Å². The maximum absolute atomic E-state index is 5.55. The number of hydrogen-bond donors (Lipinski definition) is 1. The highest BCUT2D eigenvalue weighted by Crippen LogP contribution is 2.25. The lowest BCUT2D eigenvalue weighted by atomic mass is 10.3. The minimum absolute atomic E-state index is 0.675. The van der Waals surface area contributed by atoms with Crippen LogP contribution in [-0.2, 0) is 0 Å². The third kappa shape index (κ3) is 0.556. The highest BCUT2D eigenvalue weighted by molar-refractivity contribution is 5.75. The van der Waals surface area contributed by atoms with E-state index in [0.717, 1.165) is 11.3 Å². The van der Waals surface area contributed by atoms with Crippen molar-refractivity contribution in [1.29, 1.82) is 0 Å². The summed E-state index contributed by atoms with van der Waals surface area (Å²) in [6.45, 7) is 0. The molecule has 10 heavy (non-hydrogen) atoms. The first kappa shape index (κ1) is 5.22. The molecule has 50 valence electrons. The summed E-state index contributed by atoms with van der Waals surface area (Å²) in [4.78, 5) is 0. The van der Waals surface area contributed by atoms with Gasteiger partial charge in [-0.25, -0.2) is 0 Å². The zero-order valence-corrected chi connectivity index (χ0v) is 5.11. The van der Waals surface area contributed by atoms with Crippen molar-refractivity contribution >= 4 is 5.69 Å². The van der Waals surface area contributed by atoms with E-state index in [2.05, 4.69) is 14.9 Å². The number of nitrogens with zero attached hydrogens (tertiary/aromatic N) is 2.